The molecular formula is C17H24N4. The van der Waals surface area contributed by atoms with Gasteiger partial charge in [-0.2, -0.15) is 0 Å². The smallest absolute Gasteiger partial charge is 0.137 e. The number of aryl methyl sites for hydroxylation is 1. The second-order valence-electron chi connectivity index (χ2n) is 6.89. The molecule has 0 saturated carbocycles. The fourth-order valence-corrected chi connectivity index (χ4v) is 4.01. The number of hydrogen-bond acceptors (Lipinski definition) is 3. The number of rotatable bonds is 2. The van der Waals surface area contributed by atoms with Crippen LogP contribution < -0.4 is 5.32 Å². The zero-order valence-electron chi connectivity index (χ0n) is 12.8. The highest BCUT2D eigenvalue weighted by Gasteiger charge is 2.38. The standard InChI is InChI=1S/C17H24N4/c1-14-2-8-21-15(11-19-16(21)10-14)12-20-9-5-17(13-20)3-6-18-7-4-17/h2,8,10-11,18H,3-7,9,12-13H2,1H3. The van der Waals surface area contributed by atoms with Gasteiger partial charge >= 0.3 is 0 Å². The minimum Gasteiger partial charge on any atom is -0.317 e. The Morgan fingerprint density at radius 2 is 2.14 bits per heavy atom. The molecule has 0 radical (unpaired) electrons. The summed E-state index contributed by atoms with van der Waals surface area (Å²) in [6.45, 7) is 8.04. The Kier molecular flexibility index (Phi) is 3.23. The molecule has 4 heteroatoms. The van der Waals surface area contributed by atoms with Crippen molar-refractivity contribution in [1.29, 1.82) is 0 Å². The number of nitrogens with zero attached hydrogens (tertiary/aromatic N) is 3. The third kappa shape index (κ3) is 2.47. The van der Waals surface area contributed by atoms with Crippen LogP contribution in [0.5, 0.6) is 0 Å². The van der Waals surface area contributed by atoms with Crippen molar-refractivity contribution >= 4 is 5.65 Å². The van der Waals surface area contributed by atoms with E-state index in [1.165, 1.54) is 56.7 Å². The summed E-state index contributed by atoms with van der Waals surface area (Å²) in [6, 6.07) is 4.32. The van der Waals surface area contributed by atoms with Gasteiger partial charge < -0.3 is 9.72 Å². The van der Waals surface area contributed by atoms with Gasteiger partial charge in [0.05, 0.1) is 11.9 Å². The van der Waals surface area contributed by atoms with Crippen molar-refractivity contribution in [2.45, 2.75) is 32.7 Å². The van der Waals surface area contributed by atoms with E-state index in [9.17, 15) is 0 Å². The Labute approximate surface area is 126 Å². The fraction of sp³-hybridized carbons (Fsp3) is 0.588. The number of pyridine rings is 1. The lowest BCUT2D eigenvalue weighted by Gasteiger charge is -2.33. The van der Waals surface area contributed by atoms with Gasteiger partial charge in [0.2, 0.25) is 0 Å². The molecule has 1 N–H and O–H groups in total. The van der Waals surface area contributed by atoms with Crippen molar-refractivity contribution in [3.63, 3.8) is 0 Å². The summed E-state index contributed by atoms with van der Waals surface area (Å²) < 4.78 is 2.24. The number of fused-ring (bicyclic) bond motifs is 1. The van der Waals surface area contributed by atoms with Crippen LogP contribution in [0.2, 0.25) is 0 Å². The largest absolute Gasteiger partial charge is 0.317 e. The first-order valence-corrected chi connectivity index (χ1v) is 8.10. The van der Waals surface area contributed by atoms with Gasteiger partial charge in [0.15, 0.2) is 0 Å². The molecule has 1 spiro atoms. The molecule has 2 saturated heterocycles. The first-order chi connectivity index (χ1) is 10.2. The Morgan fingerprint density at radius 1 is 1.29 bits per heavy atom. The predicted octanol–water partition coefficient (Wildman–Crippen LogP) is 2.22. The Morgan fingerprint density at radius 3 is 3.00 bits per heavy atom. The van der Waals surface area contributed by atoms with E-state index < -0.39 is 0 Å². The van der Waals surface area contributed by atoms with Gasteiger partial charge in [-0.1, -0.05) is 0 Å². The third-order valence-electron chi connectivity index (χ3n) is 5.31. The van der Waals surface area contributed by atoms with Gasteiger partial charge in [0.1, 0.15) is 5.65 Å². The van der Waals surface area contributed by atoms with Crippen LogP contribution >= 0.6 is 0 Å². The van der Waals surface area contributed by atoms with Crippen molar-refractivity contribution in [3.05, 3.63) is 35.8 Å². The van der Waals surface area contributed by atoms with E-state index in [1.54, 1.807) is 0 Å². The Hall–Kier alpha value is -1.39. The van der Waals surface area contributed by atoms with Crippen molar-refractivity contribution in [3.8, 4) is 0 Å². The van der Waals surface area contributed by atoms with E-state index in [4.69, 9.17) is 0 Å². The molecule has 4 heterocycles. The molecule has 0 aromatic carbocycles. The Bertz CT molecular complexity index is 639. The molecule has 0 atom stereocenters. The number of aromatic nitrogens is 2. The molecular weight excluding hydrogens is 260 g/mol. The topological polar surface area (TPSA) is 32.6 Å². The van der Waals surface area contributed by atoms with E-state index in [0.717, 1.165) is 12.2 Å². The van der Waals surface area contributed by atoms with Crippen LogP contribution in [0.3, 0.4) is 0 Å². The lowest BCUT2D eigenvalue weighted by atomic mass is 9.78. The number of nitrogens with one attached hydrogen (secondary N) is 1. The molecule has 2 fully saturated rings. The van der Waals surface area contributed by atoms with E-state index in [-0.39, 0.29) is 0 Å². The SMILES string of the molecule is Cc1ccn2c(CN3CCC4(CCNCC4)C3)cnc2c1. The normalized spacial score (nSPS) is 22.3. The monoisotopic (exact) mass is 284 g/mol. The van der Waals surface area contributed by atoms with Crippen molar-refractivity contribution in [1.82, 2.24) is 19.6 Å². The molecule has 2 aromatic rings. The summed E-state index contributed by atoms with van der Waals surface area (Å²) in [5.74, 6) is 0. The van der Waals surface area contributed by atoms with Gasteiger partial charge in [0, 0.05) is 19.3 Å². The number of imidazole rings is 1. The van der Waals surface area contributed by atoms with Crippen molar-refractivity contribution < 1.29 is 0 Å². The molecule has 2 aliphatic rings. The zero-order chi connectivity index (χ0) is 14.3. The molecule has 4 rings (SSSR count). The third-order valence-corrected chi connectivity index (χ3v) is 5.31. The Balaban J connectivity index is 1.50. The molecule has 0 aliphatic carbocycles. The highest BCUT2D eigenvalue weighted by Crippen LogP contribution is 2.38. The van der Waals surface area contributed by atoms with Crippen LogP contribution in [-0.2, 0) is 6.54 Å². The summed E-state index contributed by atoms with van der Waals surface area (Å²) in [4.78, 5) is 7.17. The quantitative estimate of drug-likeness (QED) is 0.918. The average Bonchev–Trinajstić information content (AvgIpc) is 3.05. The van der Waals surface area contributed by atoms with E-state index >= 15 is 0 Å². The maximum atomic E-state index is 4.55. The maximum Gasteiger partial charge on any atom is 0.137 e. The van der Waals surface area contributed by atoms with Crippen molar-refractivity contribution in [2.75, 3.05) is 26.2 Å². The first-order valence-electron chi connectivity index (χ1n) is 8.10. The molecule has 112 valence electrons. The molecule has 0 bridgehead atoms. The van der Waals surface area contributed by atoms with Crippen LogP contribution in [0.15, 0.2) is 24.5 Å². The van der Waals surface area contributed by atoms with Gasteiger partial charge in [0.25, 0.3) is 0 Å². The van der Waals surface area contributed by atoms with Gasteiger partial charge in [-0.15, -0.1) is 0 Å². The number of piperidine rings is 1. The minimum atomic E-state index is 0.586. The summed E-state index contributed by atoms with van der Waals surface area (Å²) in [7, 11) is 0. The molecule has 21 heavy (non-hydrogen) atoms. The maximum absolute atomic E-state index is 4.55. The minimum absolute atomic E-state index is 0.586. The fourth-order valence-electron chi connectivity index (χ4n) is 4.01. The van der Waals surface area contributed by atoms with Crippen LogP contribution in [0.1, 0.15) is 30.5 Å². The van der Waals surface area contributed by atoms with Crippen LogP contribution in [0.4, 0.5) is 0 Å². The second kappa shape index (κ2) is 5.11. The highest BCUT2D eigenvalue weighted by molar-refractivity contribution is 5.42. The van der Waals surface area contributed by atoms with Gasteiger partial charge in [-0.3, -0.25) is 4.90 Å². The molecule has 2 aromatic heterocycles. The summed E-state index contributed by atoms with van der Waals surface area (Å²) in [6.07, 6.45) is 8.25. The lowest BCUT2D eigenvalue weighted by molar-refractivity contribution is 0.193. The molecule has 0 amide bonds. The molecule has 2 aliphatic heterocycles. The van der Waals surface area contributed by atoms with Crippen LogP contribution in [0.25, 0.3) is 5.65 Å². The number of likely N-dealkylation sites (tertiary alicyclic amines) is 1. The first kappa shape index (κ1) is 13.3. The van der Waals surface area contributed by atoms with Gasteiger partial charge in [-0.25, -0.2) is 4.98 Å². The lowest BCUT2D eigenvalue weighted by Crippen LogP contribution is -2.38. The highest BCUT2D eigenvalue weighted by atomic mass is 15.2. The van der Waals surface area contributed by atoms with Gasteiger partial charge in [-0.05, 0) is 68.9 Å². The van der Waals surface area contributed by atoms with E-state index in [0.29, 0.717) is 5.41 Å². The second-order valence-corrected chi connectivity index (χ2v) is 6.89. The number of hydrogen-bond donors (Lipinski definition) is 1. The summed E-state index contributed by atoms with van der Waals surface area (Å²) in [5, 5.41) is 3.49. The van der Waals surface area contributed by atoms with E-state index in [2.05, 4.69) is 44.9 Å². The van der Waals surface area contributed by atoms with Crippen LogP contribution in [-0.4, -0.2) is 40.5 Å². The summed E-state index contributed by atoms with van der Waals surface area (Å²) >= 11 is 0. The average molecular weight is 284 g/mol. The summed E-state index contributed by atoms with van der Waals surface area (Å²) in [5.41, 5.74) is 4.24. The predicted molar refractivity (Wildman–Crippen MR) is 84.4 cm³/mol. The van der Waals surface area contributed by atoms with Crippen molar-refractivity contribution in [2.24, 2.45) is 5.41 Å². The van der Waals surface area contributed by atoms with E-state index in [1.807, 2.05) is 6.20 Å². The van der Waals surface area contributed by atoms with Crippen LogP contribution in [0, 0.1) is 12.3 Å². The molecule has 0 unspecified atom stereocenters. The zero-order valence-corrected chi connectivity index (χ0v) is 12.8. The molecule has 4 nitrogen and oxygen atoms in total.